The van der Waals surface area contributed by atoms with E-state index in [0.29, 0.717) is 29.6 Å². The second kappa shape index (κ2) is 18.5. The first-order valence-corrected chi connectivity index (χ1v) is 24.0. The van der Waals surface area contributed by atoms with Gasteiger partial charge in [-0.05, 0) is 101 Å². The zero-order valence-corrected chi connectivity index (χ0v) is 38.2. The van der Waals surface area contributed by atoms with Crippen molar-refractivity contribution in [2.75, 3.05) is 0 Å². The van der Waals surface area contributed by atoms with Gasteiger partial charge in [0.15, 0.2) is 0 Å². The third-order valence-electron chi connectivity index (χ3n) is 14.1. The largest absolute Gasteiger partial charge is 0.299 e. The number of hydrogen-bond acceptors (Lipinski definition) is 1. The number of aromatic nitrogens is 4. The molecular formula is C58H67N4+. The van der Waals surface area contributed by atoms with E-state index in [9.17, 15) is 0 Å². The zero-order valence-electron chi connectivity index (χ0n) is 38.2. The van der Waals surface area contributed by atoms with Crippen LogP contribution in [0.15, 0.2) is 134 Å². The lowest BCUT2D eigenvalue weighted by molar-refractivity contribution is -0.676. The molecule has 2 aromatic heterocycles. The average molecular weight is 820 g/mol. The Morgan fingerprint density at radius 1 is 0.532 bits per heavy atom. The molecule has 4 nitrogen and oxygen atoms in total. The van der Waals surface area contributed by atoms with Crippen LogP contribution >= 0.6 is 0 Å². The summed E-state index contributed by atoms with van der Waals surface area (Å²) in [7, 11) is 0. The van der Waals surface area contributed by atoms with Crippen LogP contribution in [0, 0.1) is 0 Å². The molecule has 0 spiro atoms. The summed E-state index contributed by atoms with van der Waals surface area (Å²) in [6.07, 6.45) is 21.9. The second-order valence-electron chi connectivity index (χ2n) is 19.3. The van der Waals surface area contributed by atoms with Gasteiger partial charge in [0.05, 0.1) is 11.3 Å². The lowest BCUT2D eigenvalue weighted by atomic mass is 9.77. The monoisotopic (exact) mass is 820 g/mol. The van der Waals surface area contributed by atoms with E-state index >= 15 is 0 Å². The van der Waals surface area contributed by atoms with Gasteiger partial charge in [0.25, 0.3) is 5.82 Å². The van der Waals surface area contributed by atoms with Crippen molar-refractivity contribution in [3.05, 3.63) is 167 Å². The van der Waals surface area contributed by atoms with Crippen LogP contribution < -0.4 is 4.57 Å². The van der Waals surface area contributed by atoms with E-state index in [1.807, 2.05) is 0 Å². The molecule has 7 aromatic rings. The lowest BCUT2D eigenvalue weighted by Gasteiger charge is -2.31. The standard InChI is InChI=1S/C58H67N4/c1-40(2)48-28-18-19-30-52(48)58-60(35-36-62(58)55-49(41(3)4)31-20-32-50(55)42(5)6)39-46-27-16-17-29-51(46)57-59-33-34-61(57)56-53(44-23-12-8-13-24-44)37-47(43-21-10-7-11-22-43)38-54(56)45-25-14-9-15-26-45/h7,10-11,16-22,27-38,40-42,44-45H,8-9,12-15,23-26,39H2,1-6H3/q+1. The molecule has 0 bridgehead atoms. The molecular weight excluding hydrogens is 753 g/mol. The van der Waals surface area contributed by atoms with Gasteiger partial charge >= 0.3 is 0 Å². The van der Waals surface area contributed by atoms with Crippen LogP contribution in [0.5, 0.6) is 0 Å². The smallest absolute Gasteiger partial charge is 0.294 e. The van der Waals surface area contributed by atoms with E-state index < -0.39 is 0 Å². The van der Waals surface area contributed by atoms with E-state index in [4.69, 9.17) is 4.98 Å². The fourth-order valence-electron chi connectivity index (χ4n) is 11.0. The van der Waals surface area contributed by atoms with Gasteiger partial charge in [0, 0.05) is 34.6 Å². The van der Waals surface area contributed by atoms with Gasteiger partial charge in [-0.2, -0.15) is 4.57 Å². The van der Waals surface area contributed by atoms with Crippen molar-refractivity contribution in [3.63, 3.8) is 0 Å². The number of imidazole rings is 2. The van der Waals surface area contributed by atoms with Crippen molar-refractivity contribution in [1.29, 1.82) is 0 Å². The van der Waals surface area contributed by atoms with Crippen LogP contribution in [0.25, 0.3) is 45.3 Å². The molecule has 0 amide bonds. The van der Waals surface area contributed by atoms with Gasteiger partial charge < -0.3 is 0 Å². The Hall–Kier alpha value is -5.48. The van der Waals surface area contributed by atoms with Crippen molar-refractivity contribution in [2.45, 2.75) is 142 Å². The maximum absolute atomic E-state index is 5.30. The molecule has 0 atom stereocenters. The van der Waals surface area contributed by atoms with E-state index in [-0.39, 0.29) is 0 Å². The normalized spacial score (nSPS) is 15.3. The SMILES string of the molecule is CC(C)c1ccccc1-c1n(-c2c(C(C)C)cccc2C(C)C)cc[n+]1Cc1ccccc1-c1nccn1-c1c(C2CCCCC2)cc(-c2ccccc2)cc1C1CCCCC1. The van der Waals surface area contributed by atoms with Gasteiger partial charge in [-0.15, -0.1) is 0 Å². The highest BCUT2D eigenvalue weighted by Gasteiger charge is 2.31. The predicted molar refractivity (Wildman–Crippen MR) is 259 cm³/mol. The number of rotatable bonds is 12. The molecule has 5 aromatic carbocycles. The van der Waals surface area contributed by atoms with Crippen LogP contribution in [-0.4, -0.2) is 14.1 Å². The summed E-state index contributed by atoms with van der Waals surface area (Å²) in [5.74, 6) is 4.48. The first-order chi connectivity index (χ1) is 30.3. The third kappa shape index (κ3) is 8.26. The minimum absolute atomic E-state index is 0.373. The van der Waals surface area contributed by atoms with Crippen molar-refractivity contribution in [3.8, 4) is 45.3 Å². The molecule has 0 saturated heterocycles. The summed E-state index contributed by atoms with van der Waals surface area (Å²) < 4.78 is 7.53. The predicted octanol–water partition coefficient (Wildman–Crippen LogP) is 15.5. The lowest BCUT2D eigenvalue weighted by Crippen LogP contribution is -2.36. The van der Waals surface area contributed by atoms with Gasteiger partial charge in [-0.1, -0.05) is 171 Å². The molecule has 0 radical (unpaired) electrons. The van der Waals surface area contributed by atoms with Crippen molar-refractivity contribution < 1.29 is 4.57 Å². The van der Waals surface area contributed by atoms with Gasteiger partial charge in [0.1, 0.15) is 30.5 Å². The summed E-state index contributed by atoms with van der Waals surface area (Å²) in [5.41, 5.74) is 16.3. The van der Waals surface area contributed by atoms with E-state index in [2.05, 4.69) is 189 Å². The molecule has 9 rings (SSSR count). The molecule has 2 heterocycles. The Kier molecular flexibility index (Phi) is 12.5. The fourth-order valence-corrected chi connectivity index (χ4v) is 11.0. The number of hydrogen-bond donors (Lipinski definition) is 0. The molecule has 4 heteroatoms. The highest BCUT2D eigenvalue weighted by molar-refractivity contribution is 5.72. The summed E-state index contributed by atoms with van der Waals surface area (Å²) in [6.45, 7) is 14.7. The Morgan fingerprint density at radius 3 is 1.69 bits per heavy atom. The Morgan fingerprint density at radius 2 is 1.08 bits per heavy atom. The maximum Gasteiger partial charge on any atom is 0.294 e. The molecule has 2 saturated carbocycles. The second-order valence-corrected chi connectivity index (χ2v) is 19.3. The van der Waals surface area contributed by atoms with E-state index in [0.717, 1.165) is 12.4 Å². The van der Waals surface area contributed by atoms with Gasteiger partial charge in [-0.25, -0.2) is 9.55 Å². The highest BCUT2D eigenvalue weighted by atomic mass is 15.2. The Balaban J connectivity index is 1.23. The topological polar surface area (TPSA) is 26.6 Å². The first kappa shape index (κ1) is 41.9. The van der Waals surface area contributed by atoms with Gasteiger partial charge in [-0.3, -0.25) is 4.57 Å². The van der Waals surface area contributed by atoms with Crippen LogP contribution in [0.2, 0.25) is 0 Å². The van der Waals surface area contributed by atoms with Crippen molar-refractivity contribution in [1.82, 2.24) is 14.1 Å². The molecule has 2 aliphatic carbocycles. The Bertz CT molecular complexity index is 2540. The van der Waals surface area contributed by atoms with Crippen LogP contribution in [-0.2, 0) is 6.54 Å². The quantitative estimate of drug-likeness (QED) is 0.113. The van der Waals surface area contributed by atoms with Crippen LogP contribution in [0.1, 0.15) is 169 Å². The fraction of sp³-hybridized carbons (Fsp3) is 0.379. The van der Waals surface area contributed by atoms with Gasteiger partial charge in [0.2, 0.25) is 0 Å². The van der Waals surface area contributed by atoms with Crippen molar-refractivity contribution >= 4 is 0 Å². The highest BCUT2D eigenvalue weighted by Crippen LogP contribution is 2.46. The summed E-state index contributed by atoms with van der Waals surface area (Å²) >= 11 is 0. The average Bonchev–Trinajstić information content (AvgIpc) is 3.97. The maximum atomic E-state index is 5.30. The molecule has 2 fully saturated rings. The Labute approximate surface area is 371 Å². The van der Waals surface area contributed by atoms with Crippen LogP contribution in [0.4, 0.5) is 0 Å². The third-order valence-corrected chi connectivity index (χ3v) is 14.1. The molecule has 0 unspecified atom stereocenters. The zero-order chi connectivity index (χ0) is 42.7. The van der Waals surface area contributed by atoms with E-state index in [1.165, 1.54) is 137 Å². The molecule has 0 N–H and O–H groups in total. The van der Waals surface area contributed by atoms with Crippen LogP contribution in [0.3, 0.4) is 0 Å². The van der Waals surface area contributed by atoms with Crippen molar-refractivity contribution in [2.24, 2.45) is 0 Å². The summed E-state index contributed by atoms with van der Waals surface area (Å²) in [4.78, 5) is 5.30. The summed E-state index contributed by atoms with van der Waals surface area (Å²) in [6, 6.07) is 41.3. The molecule has 2 aliphatic rings. The minimum Gasteiger partial charge on any atom is -0.299 e. The number of benzene rings is 5. The van der Waals surface area contributed by atoms with E-state index in [1.54, 1.807) is 0 Å². The molecule has 318 valence electrons. The number of para-hydroxylation sites is 1. The molecule has 0 aliphatic heterocycles. The number of nitrogens with zero attached hydrogens (tertiary/aromatic N) is 4. The first-order valence-electron chi connectivity index (χ1n) is 24.0. The summed E-state index contributed by atoms with van der Waals surface area (Å²) in [5, 5.41) is 0. The minimum atomic E-state index is 0.373. The molecule has 62 heavy (non-hydrogen) atoms.